The number of hydrogen-bond acceptors (Lipinski definition) is 3. The van der Waals surface area contributed by atoms with E-state index >= 15 is 0 Å². The van der Waals surface area contributed by atoms with Gasteiger partial charge in [-0.25, -0.2) is 13.1 Å². The van der Waals surface area contributed by atoms with Gasteiger partial charge < -0.3 is 5.32 Å². The normalized spacial score (nSPS) is 24.4. The Bertz CT molecular complexity index is 336. The van der Waals surface area contributed by atoms with E-state index in [0.29, 0.717) is 12.6 Å². The highest BCUT2D eigenvalue weighted by Gasteiger charge is 2.32. The van der Waals surface area contributed by atoms with Crippen LogP contribution in [0.25, 0.3) is 0 Å². The molecule has 1 fully saturated rings. The van der Waals surface area contributed by atoms with Crippen LogP contribution in [-0.2, 0) is 10.0 Å². The lowest BCUT2D eigenvalue weighted by Crippen LogP contribution is -2.39. The van der Waals surface area contributed by atoms with E-state index in [1.807, 2.05) is 13.8 Å². The third kappa shape index (κ3) is 5.84. The van der Waals surface area contributed by atoms with Gasteiger partial charge in [-0.2, -0.15) is 0 Å². The van der Waals surface area contributed by atoms with Crippen LogP contribution < -0.4 is 10.0 Å². The van der Waals surface area contributed by atoms with Crippen LogP contribution >= 0.6 is 0 Å². The number of hydrogen-bond donors (Lipinski definition) is 2. The molecular weight excluding hydrogens is 236 g/mol. The zero-order chi connectivity index (χ0) is 13.1. The summed E-state index contributed by atoms with van der Waals surface area (Å²) in [5.74, 6) is 0.169. The number of rotatable bonds is 6. The third-order valence-electron chi connectivity index (χ3n) is 3.24. The summed E-state index contributed by atoms with van der Waals surface area (Å²) in [5.41, 5.74) is 0.281. The van der Waals surface area contributed by atoms with E-state index < -0.39 is 10.0 Å². The molecule has 0 aromatic rings. The Morgan fingerprint density at radius 1 is 1.35 bits per heavy atom. The van der Waals surface area contributed by atoms with Crippen LogP contribution in [0.15, 0.2) is 0 Å². The maximum Gasteiger partial charge on any atom is 0.213 e. The van der Waals surface area contributed by atoms with Crippen molar-refractivity contribution in [1.29, 1.82) is 0 Å². The van der Waals surface area contributed by atoms with Crippen LogP contribution in [0.3, 0.4) is 0 Å². The fourth-order valence-electron chi connectivity index (χ4n) is 2.33. The molecule has 0 aromatic carbocycles. The minimum absolute atomic E-state index is 0.133. The van der Waals surface area contributed by atoms with Crippen LogP contribution in [0.1, 0.15) is 47.0 Å². The van der Waals surface area contributed by atoms with Crippen LogP contribution in [0, 0.1) is 5.41 Å². The number of sulfonamides is 1. The first-order valence-electron chi connectivity index (χ1n) is 6.44. The van der Waals surface area contributed by atoms with E-state index in [-0.39, 0.29) is 17.2 Å². The second-order valence-electron chi connectivity index (χ2n) is 6.15. The zero-order valence-corrected chi connectivity index (χ0v) is 12.2. The molecule has 1 rings (SSSR count). The molecule has 0 spiro atoms. The smallest absolute Gasteiger partial charge is 0.213 e. The molecule has 2 N–H and O–H groups in total. The summed E-state index contributed by atoms with van der Waals surface area (Å²) < 4.78 is 26.5. The second kappa shape index (κ2) is 5.67. The van der Waals surface area contributed by atoms with Crippen molar-refractivity contribution in [2.24, 2.45) is 5.41 Å². The summed E-state index contributed by atoms with van der Waals surface area (Å²) >= 11 is 0. The van der Waals surface area contributed by atoms with E-state index in [0.717, 1.165) is 19.3 Å². The molecule has 1 atom stereocenters. The minimum atomic E-state index is -3.12. The second-order valence-corrected chi connectivity index (χ2v) is 8.02. The van der Waals surface area contributed by atoms with Gasteiger partial charge in [0.1, 0.15) is 0 Å². The van der Waals surface area contributed by atoms with Crippen LogP contribution in [0.5, 0.6) is 0 Å². The lowest BCUT2D eigenvalue weighted by Gasteiger charge is -2.18. The summed E-state index contributed by atoms with van der Waals surface area (Å²) in [6.45, 7) is 8.94. The van der Waals surface area contributed by atoms with Crippen molar-refractivity contribution >= 4 is 10.0 Å². The van der Waals surface area contributed by atoms with Gasteiger partial charge in [-0.3, -0.25) is 0 Å². The third-order valence-corrected chi connectivity index (χ3v) is 4.67. The highest BCUT2D eigenvalue weighted by Crippen LogP contribution is 2.37. The molecule has 102 valence electrons. The van der Waals surface area contributed by atoms with Crippen LogP contribution in [-0.4, -0.2) is 32.8 Å². The molecule has 17 heavy (non-hydrogen) atoms. The van der Waals surface area contributed by atoms with Crippen molar-refractivity contribution in [1.82, 2.24) is 10.0 Å². The van der Waals surface area contributed by atoms with Crippen molar-refractivity contribution in [2.45, 2.75) is 59.0 Å². The van der Waals surface area contributed by atoms with E-state index in [1.165, 1.54) is 0 Å². The maximum atomic E-state index is 11.8. The van der Waals surface area contributed by atoms with Crippen LogP contribution in [0.2, 0.25) is 0 Å². The molecule has 0 bridgehead atoms. The van der Waals surface area contributed by atoms with Gasteiger partial charge in [-0.1, -0.05) is 27.7 Å². The molecule has 1 aliphatic rings. The van der Waals surface area contributed by atoms with Crippen molar-refractivity contribution in [3.8, 4) is 0 Å². The molecule has 0 amide bonds. The summed E-state index contributed by atoms with van der Waals surface area (Å²) in [4.78, 5) is 0. The maximum absolute atomic E-state index is 11.8. The zero-order valence-electron chi connectivity index (χ0n) is 11.4. The lowest BCUT2D eigenvalue weighted by atomic mass is 9.92. The van der Waals surface area contributed by atoms with Gasteiger partial charge in [0, 0.05) is 18.6 Å². The van der Waals surface area contributed by atoms with Gasteiger partial charge in [-0.05, 0) is 24.7 Å². The minimum Gasteiger partial charge on any atom is -0.313 e. The molecule has 0 saturated heterocycles. The summed E-state index contributed by atoms with van der Waals surface area (Å²) in [6, 6.07) is 0.463. The molecule has 0 aliphatic heterocycles. The Labute approximate surface area is 106 Å². The molecule has 0 radical (unpaired) electrons. The molecule has 1 aliphatic carbocycles. The predicted octanol–water partition coefficient (Wildman–Crippen LogP) is 1.48. The monoisotopic (exact) mass is 262 g/mol. The number of nitrogens with one attached hydrogen (secondary N) is 2. The Morgan fingerprint density at radius 2 is 2.00 bits per heavy atom. The Kier molecular flexibility index (Phi) is 4.98. The first kappa shape index (κ1) is 14.9. The average Bonchev–Trinajstić information content (AvgIpc) is 2.43. The molecule has 1 saturated carbocycles. The summed E-state index contributed by atoms with van der Waals surface area (Å²) in [6.07, 6.45) is 3.01. The van der Waals surface area contributed by atoms with E-state index in [9.17, 15) is 8.42 Å². The van der Waals surface area contributed by atoms with Crippen molar-refractivity contribution < 1.29 is 8.42 Å². The predicted molar refractivity (Wildman–Crippen MR) is 71.5 cm³/mol. The van der Waals surface area contributed by atoms with Gasteiger partial charge in [0.15, 0.2) is 0 Å². The lowest BCUT2D eigenvalue weighted by molar-refractivity contribution is 0.372. The average molecular weight is 262 g/mol. The van der Waals surface area contributed by atoms with Gasteiger partial charge >= 0.3 is 0 Å². The first-order chi connectivity index (χ1) is 7.70. The fourth-order valence-corrected chi connectivity index (χ4v) is 3.55. The largest absolute Gasteiger partial charge is 0.313 e. The molecule has 4 nitrogen and oxygen atoms in total. The SMILES string of the molecule is CC(C)NCCS(=O)(=O)NC1CCC(C)(C)C1. The standard InChI is InChI=1S/C12H26N2O2S/c1-10(2)13-7-8-17(15,16)14-11-5-6-12(3,4)9-11/h10-11,13-14H,5-9H2,1-4H3. The Balaban J connectivity index is 2.35. The van der Waals surface area contributed by atoms with Crippen molar-refractivity contribution in [3.05, 3.63) is 0 Å². The summed E-state index contributed by atoms with van der Waals surface area (Å²) in [7, 11) is -3.12. The summed E-state index contributed by atoms with van der Waals surface area (Å²) in [5, 5.41) is 3.12. The van der Waals surface area contributed by atoms with Crippen LogP contribution in [0.4, 0.5) is 0 Å². The Hall–Kier alpha value is -0.130. The highest BCUT2D eigenvalue weighted by molar-refractivity contribution is 7.89. The fraction of sp³-hybridized carbons (Fsp3) is 1.00. The quantitative estimate of drug-likeness (QED) is 0.762. The van der Waals surface area contributed by atoms with E-state index in [1.54, 1.807) is 0 Å². The molecular formula is C12H26N2O2S. The molecule has 0 aromatic heterocycles. The van der Waals surface area contributed by atoms with E-state index in [2.05, 4.69) is 23.9 Å². The van der Waals surface area contributed by atoms with E-state index in [4.69, 9.17) is 0 Å². The molecule has 5 heteroatoms. The molecule has 1 unspecified atom stereocenters. The van der Waals surface area contributed by atoms with Gasteiger partial charge in [0.2, 0.25) is 10.0 Å². The topological polar surface area (TPSA) is 58.2 Å². The van der Waals surface area contributed by atoms with Gasteiger partial charge in [0.25, 0.3) is 0 Å². The van der Waals surface area contributed by atoms with Crippen molar-refractivity contribution in [2.75, 3.05) is 12.3 Å². The van der Waals surface area contributed by atoms with Gasteiger partial charge in [0.05, 0.1) is 5.75 Å². The first-order valence-corrected chi connectivity index (χ1v) is 8.09. The Morgan fingerprint density at radius 3 is 2.47 bits per heavy atom. The van der Waals surface area contributed by atoms with Crippen molar-refractivity contribution in [3.63, 3.8) is 0 Å². The molecule has 0 heterocycles. The van der Waals surface area contributed by atoms with Gasteiger partial charge in [-0.15, -0.1) is 0 Å². The highest BCUT2D eigenvalue weighted by atomic mass is 32.2.